The number of likely N-dealkylation sites (tertiary alicyclic amines) is 1. The first-order valence-corrected chi connectivity index (χ1v) is 13.4. The number of hydrogen-bond donors (Lipinski definition) is 2. The zero-order valence-electron chi connectivity index (χ0n) is 23.9. The largest absolute Gasteiger partial charge is 0.444 e. The Kier molecular flexibility index (Phi) is 10.4. The van der Waals surface area contributed by atoms with Gasteiger partial charge in [0, 0.05) is 13.1 Å². The summed E-state index contributed by atoms with van der Waals surface area (Å²) in [5.41, 5.74) is 6.81. The highest BCUT2D eigenvalue weighted by atomic mass is 16.6. The maximum absolute atomic E-state index is 13.5. The molecule has 9 nitrogen and oxygen atoms in total. The van der Waals surface area contributed by atoms with E-state index in [9.17, 15) is 9.59 Å². The molecule has 0 aromatic heterocycles. The van der Waals surface area contributed by atoms with Gasteiger partial charge in [-0.05, 0) is 52.7 Å². The molecule has 4 atom stereocenters. The van der Waals surface area contributed by atoms with Crippen molar-refractivity contribution in [3.05, 3.63) is 71.8 Å². The molecule has 1 saturated heterocycles. The number of rotatable bonds is 9. The molecule has 0 aliphatic carbocycles. The Hall–Kier alpha value is -3.14. The van der Waals surface area contributed by atoms with Crippen molar-refractivity contribution in [2.24, 2.45) is 5.73 Å². The molecule has 0 saturated carbocycles. The lowest BCUT2D eigenvalue weighted by Gasteiger charge is -2.33. The predicted molar refractivity (Wildman–Crippen MR) is 149 cm³/mol. The lowest BCUT2D eigenvalue weighted by molar-refractivity contribution is -0.0778. The van der Waals surface area contributed by atoms with Crippen LogP contribution >= 0.6 is 0 Å². The van der Waals surface area contributed by atoms with E-state index >= 15 is 0 Å². The average Bonchev–Trinajstić information content (AvgIpc) is 3.16. The van der Waals surface area contributed by atoms with Crippen molar-refractivity contribution in [3.63, 3.8) is 0 Å². The van der Waals surface area contributed by atoms with E-state index in [2.05, 4.69) is 5.32 Å². The molecule has 0 spiro atoms. The molecule has 2 amide bonds. The number of amides is 2. The third-order valence-corrected chi connectivity index (χ3v) is 6.07. The predicted octanol–water partition coefficient (Wildman–Crippen LogP) is 4.63. The average molecular weight is 542 g/mol. The maximum atomic E-state index is 13.5. The summed E-state index contributed by atoms with van der Waals surface area (Å²) >= 11 is 0. The summed E-state index contributed by atoms with van der Waals surface area (Å²) in [6.07, 6.45) is -2.32. The van der Waals surface area contributed by atoms with Crippen LogP contribution in [-0.4, -0.2) is 65.7 Å². The monoisotopic (exact) mass is 541 g/mol. The first kappa shape index (κ1) is 30.4. The zero-order chi connectivity index (χ0) is 28.6. The first-order chi connectivity index (χ1) is 18.4. The summed E-state index contributed by atoms with van der Waals surface area (Å²) < 4.78 is 24.1. The summed E-state index contributed by atoms with van der Waals surface area (Å²) in [7, 11) is 0. The highest BCUT2D eigenvalue weighted by Gasteiger charge is 2.53. The summed E-state index contributed by atoms with van der Waals surface area (Å²) in [6.45, 7) is 11.6. The van der Waals surface area contributed by atoms with Gasteiger partial charge in [-0.2, -0.15) is 0 Å². The molecule has 0 bridgehead atoms. The van der Waals surface area contributed by atoms with Crippen LogP contribution in [0.3, 0.4) is 0 Å². The highest BCUT2D eigenvalue weighted by Crippen LogP contribution is 2.32. The number of ether oxygens (including phenoxy) is 4. The van der Waals surface area contributed by atoms with Crippen LogP contribution in [0.5, 0.6) is 0 Å². The Balaban J connectivity index is 1.93. The minimum atomic E-state index is -0.733. The molecule has 3 N–H and O–H groups in total. The van der Waals surface area contributed by atoms with Gasteiger partial charge in [0.2, 0.25) is 0 Å². The van der Waals surface area contributed by atoms with Crippen LogP contribution in [0, 0.1) is 0 Å². The third kappa shape index (κ3) is 9.23. The van der Waals surface area contributed by atoms with Crippen LogP contribution in [0.15, 0.2) is 60.7 Å². The van der Waals surface area contributed by atoms with Gasteiger partial charge in [0.1, 0.15) is 23.4 Å². The molecule has 2 aromatic rings. The number of carbonyl (C=O) groups is 2. The van der Waals surface area contributed by atoms with Gasteiger partial charge in [-0.1, -0.05) is 60.7 Å². The van der Waals surface area contributed by atoms with E-state index in [4.69, 9.17) is 24.7 Å². The van der Waals surface area contributed by atoms with E-state index in [1.165, 1.54) is 0 Å². The Morgan fingerprint density at radius 2 is 1.23 bits per heavy atom. The maximum Gasteiger partial charge on any atom is 0.411 e. The van der Waals surface area contributed by atoms with E-state index < -0.39 is 47.7 Å². The molecule has 1 fully saturated rings. The topological polar surface area (TPSA) is 112 Å². The van der Waals surface area contributed by atoms with E-state index in [1.807, 2.05) is 60.7 Å². The molecule has 2 aromatic carbocycles. The fourth-order valence-corrected chi connectivity index (χ4v) is 4.50. The summed E-state index contributed by atoms with van der Waals surface area (Å²) in [6, 6.07) is 18.4. The Morgan fingerprint density at radius 3 is 1.67 bits per heavy atom. The van der Waals surface area contributed by atoms with Crippen LogP contribution < -0.4 is 11.1 Å². The second-order valence-corrected chi connectivity index (χ2v) is 11.7. The molecule has 1 aliphatic rings. The van der Waals surface area contributed by atoms with Crippen molar-refractivity contribution >= 4 is 12.2 Å². The van der Waals surface area contributed by atoms with Crippen LogP contribution in [-0.2, 0) is 32.2 Å². The number of carbonyl (C=O) groups excluding carboxylic acids is 2. The van der Waals surface area contributed by atoms with Gasteiger partial charge in [-0.3, -0.25) is 4.90 Å². The quantitative estimate of drug-likeness (QED) is 0.476. The smallest absolute Gasteiger partial charge is 0.411 e. The zero-order valence-corrected chi connectivity index (χ0v) is 23.9. The van der Waals surface area contributed by atoms with Gasteiger partial charge >= 0.3 is 12.2 Å². The second kappa shape index (κ2) is 13.3. The van der Waals surface area contributed by atoms with Crippen LogP contribution in [0.2, 0.25) is 0 Å². The Morgan fingerprint density at radius 1 is 0.769 bits per heavy atom. The molecular formula is C30H43N3O6. The van der Waals surface area contributed by atoms with Crippen LogP contribution in [0.4, 0.5) is 9.59 Å². The second-order valence-electron chi connectivity index (χ2n) is 11.7. The number of nitrogens with two attached hydrogens (primary N) is 1. The minimum absolute atomic E-state index is 0.0648. The van der Waals surface area contributed by atoms with Gasteiger partial charge in [-0.15, -0.1) is 0 Å². The molecule has 214 valence electrons. The normalized spacial score (nSPS) is 21.5. The van der Waals surface area contributed by atoms with Crippen molar-refractivity contribution in [3.8, 4) is 0 Å². The number of nitrogens with zero attached hydrogens (tertiary/aromatic N) is 1. The van der Waals surface area contributed by atoms with Crippen LogP contribution in [0.1, 0.15) is 52.7 Å². The van der Waals surface area contributed by atoms with Gasteiger partial charge < -0.3 is 30.0 Å². The number of nitrogens with one attached hydrogen (secondary N) is 1. The van der Waals surface area contributed by atoms with Gasteiger partial charge in [-0.25, -0.2) is 9.59 Å². The van der Waals surface area contributed by atoms with Crippen molar-refractivity contribution in [1.29, 1.82) is 0 Å². The SMILES string of the molecule is CC(C)(C)OC(=O)NC[C@@H]1[C@@H](OCc2ccccc2)[C@H](OCc2ccccc2)[C@H](CN)N1C(=O)OC(C)(C)C. The molecule has 3 rings (SSSR count). The summed E-state index contributed by atoms with van der Waals surface area (Å²) in [4.78, 5) is 27.7. The lowest BCUT2D eigenvalue weighted by atomic mass is 10.1. The first-order valence-electron chi connectivity index (χ1n) is 13.4. The minimum Gasteiger partial charge on any atom is -0.444 e. The van der Waals surface area contributed by atoms with Crippen LogP contribution in [0.25, 0.3) is 0 Å². The number of hydrogen-bond acceptors (Lipinski definition) is 7. The van der Waals surface area contributed by atoms with E-state index in [0.29, 0.717) is 13.2 Å². The lowest BCUT2D eigenvalue weighted by Crippen LogP contribution is -2.52. The van der Waals surface area contributed by atoms with Gasteiger partial charge in [0.05, 0.1) is 25.3 Å². The molecule has 39 heavy (non-hydrogen) atoms. The Labute approximate surface area is 231 Å². The van der Waals surface area contributed by atoms with E-state index in [-0.39, 0.29) is 13.1 Å². The standard InChI is InChI=1S/C30H43N3O6/c1-29(2,3)38-27(34)32-18-24-26(37-20-22-15-11-8-12-16-22)25(36-19-21-13-9-7-10-14-21)23(17-31)33(24)28(35)39-30(4,5)6/h7-16,23-26H,17-20,31H2,1-6H3,(H,32,34)/t23-,24+,25+,26+/m0/s1. The third-order valence-electron chi connectivity index (χ3n) is 6.07. The van der Waals surface area contributed by atoms with Gasteiger partial charge in [0.25, 0.3) is 0 Å². The van der Waals surface area contributed by atoms with Crippen molar-refractivity contribution in [2.75, 3.05) is 13.1 Å². The van der Waals surface area contributed by atoms with Crippen molar-refractivity contribution < 1.29 is 28.5 Å². The fraction of sp³-hybridized carbons (Fsp3) is 0.533. The number of alkyl carbamates (subject to hydrolysis) is 1. The van der Waals surface area contributed by atoms with Crippen molar-refractivity contribution in [1.82, 2.24) is 10.2 Å². The van der Waals surface area contributed by atoms with E-state index in [0.717, 1.165) is 11.1 Å². The molecule has 1 aliphatic heterocycles. The summed E-state index contributed by atoms with van der Waals surface area (Å²) in [5.74, 6) is 0. The van der Waals surface area contributed by atoms with Gasteiger partial charge in [0.15, 0.2) is 0 Å². The highest BCUT2D eigenvalue weighted by molar-refractivity contribution is 5.71. The molecule has 1 heterocycles. The molecule has 9 heteroatoms. The Bertz CT molecular complexity index is 1050. The fourth-order valence-electron chi connectivity index (χ4n) is 4.50. The molecule has 0 unspecified atom stereocenters. The molecular weight excluding hydrogens is 498 g/mol. The van der Waals surface area contributed by atoms with E-state index in [1.54, 1.807) is 46.4 Å². The molecule has 0 radical (unpaired) electrons. The van der Waals surface area contributed by atoms with Crippen molar-refractivity contribution in [2.45, 2.75) is 90.2 Å². The summed E-state index contributed by atoms with van der Waals surface area (Å²) in [5, 5.41) is 2.81. The number of benzene rings is 2.